The summed E-state index contributed by atoms with van der Waals surface area (Å²) in [4.78, 5) is 14.2. The fourth-order valence-electron chi connectivity index (χ4n) is 5.26. The molecule has 0 radical (unpaired) electrons. The fraction of sp³-hybridized carbons (Fsp3) is 0.400. The van der Waals surface area contributed by atoms with Gasteiger partial charge in [-0.1, -0.05) is 81.3 Å². The Hall–Kier alpha value is -3.25. The Labute approximate surface area is 213 Å². The van der Waals surface area contributed by atoms with E-state index in [1.165, 1.54) is 12.1 Å². The smallest absolute Gasteiger partial charge is 0.248 e. The first-order valence-electron chi connectivity index (χ1n) is 12.7. The quantitative estimate of drug-likeness (QED) is 0.479. The molecule has 0 aromatic heterocycles. The van der Waals surface area contributed by atoms with Crippen LogP contribution in [0.25, 0.3) is 0 Å². The first-order valence-corrected chi connectivity index (χ1v) is 12.7. The van der Waals surface area contributed by atoms with E-state index in [4.69, 9.17) is 9.84 Å². The minimum absolute atomic E-state index is 0.0904. The van der Waals surface area contributed by atoms with Crippen LogP contribution in [0.2, 0.25) is 0 Å². The number of hydrazone groups is 1. The number of carbonyl (C=O) groups is 1. The molecule has 4 unspecified atom stereocenters. The molecule has 1 aliphatic carbocycles. The molecule has 0 saturated heterocycles. The SMILES string of the molecule is CCCCC1C(c2ccc(F)cc2)=NN(c2ccccc2)C1(C)C(=O)NCC1(C)C=CC=CC1OC. The van der Waals surface area contributed by atoms with E-state index in [-0.39, 0.29) is 29.2 Å². The van der Waals surface area contributed by atoms with Crippen LogP contribution >= 0.6 is 0 Å². The predicted octanol–water partition coefficient (Wildman–Crippen LogP) is 5.88. The van der Waals surface area contributed by atoms with E-state index in [1.54, 1.807) is 19.2 Å². The molecule has 6 heteroatoms. The zero-order valence-corrected chi connectivity index (χ0v) is 21.6. The van der Waals surface area contributed by atoms with Crippen LogP contribution in [-0.2, 0) is 9.53 Å². The molecule has 1 amide bonds. The zero-order valence-electron chi connectivity index (χ0n) is 21.6. The highest BCUT2D eigenvalue weighted by Gasteiger charge is 2.53. The van der Waals surface area contributed by atoms with E-state index in [0.29, 0.717) is 6.54 Å². The lowest BCUT2D eigenvalue weighted by molar-refractivity contribution is -0.127. The zero-order chi connectivity index (χ0) is 25.8. The third-order valence-corrected chi connectivity index (χ3v) is 7.51. The van der Waals surface area contributed by atoms with Crippen molar-refractivity contribution in [2.45, 2.75) is 51.7 Å². The Morgan fingerprint density at radius 3 is 2.50 bits per heavy atom. The first-order chi connectivity index (χ1) is 17.3. The van der Waals surface area contributed by atoms with Gasteiger partial charge in [-0.25, -0.2) is 9.40 Å². The van der Waals surface area contributed by atoms with E-state index in [0.717, 1.165) is 36.2 Å². The molecule has 0 bridgehead atoms. The van der Waals surface area contributed by atoms with Crippen molar-refractivity contribution in [1.29, 1.82) is 0 Å². The van der Waals surface area contributed by atoms with Gasteiger partial charge in [0, 0.05) is 25.0 Å². The van der Waals surface area contributed by atoms with Crippen molar-refractivity contribution in [3.05, 3.63) is 90.3 Å². The maximum absolute atomic E-state index is 14.2. The molecule has 0 fully saturated rings. The van der Waals surface area contributed by atoms with Gasteiger partial charge in [0.15, 0.2) is 0 Å². The van der Waals surface area contributed by atoms with Crippen LogP contribution in [0, 0.1) is 17.2 Å². The summed E-state index contributed by atoms with van der Waals surface area (Å²) >= 11 is 0. The van der Waals surface area contributed by atoms with Crippen LogP contribution in [0.4, 0.5) is 10.1 Å². The molecule has 2 aromatic rings. The van der Waals surface area contributed by atoms with Gasteiger partial charge in [0.05, 0.1) is 17.5 Å². The Morgan fingerprint density at radius 1 is 1.11 bits per heavy atom. The molecule has 1 heterocycles. The number of nitrogens with one attached hydrogen (secondary N) is 1. The van der Waals surface area contributed by atoms with Gasteiger partial charge in [0.2, 0.25) is 5.91 Å². The number of methoxy groups -OCH3 is 1. The average Bonchev–Trinajstić information content (AvgIpc) is 3.20. The summed E-state index contributed by atoms with van der Waals surface area (Å²) < 4.78 is 19.4. The number of anilines is 1. The number of benzene rings is 2. The number of para-hydroxylation sites is 1. The molecule has 4 rings (SSSR count). The van der Waals surface area contributed by atoms with Crippen molar-refractivity contribution < 1.29 is 13.9 Å². The number of nitrogens with zero attached hydrogens (tertiary/aromatic N) is 2. The van der Waals surface area contributed by atoms with Gasteiger partial charge >= 0.3 is 0 Å². The fourth-order valence-corrected chi connectivity index (χ4v) is 5.26. The summed E-state index contributed by atoms with van der Waals surface area (Å²) in [6, 6.07) is 16.2. The number of hydrogen-bond donors (Lipinski definition) is 1. The van der Waals surface area contributed by atoms with Crippen molar-refractivity contribution in [2.75, 3.05) is 18.7 Å². The minimum atomic E-state index is -0.965. The van der Waals surface area contributed by atoms with E-state index >= 15 is 0 Å². The summed E-state index contributed by atoms with van der Waals surface area (Å²) in [5, 5.41) is 10.1. The molecule has 0 spiro atoms. The lowest BCUT2D eigenvalue weighted by atomic mass is 9.76. The summed E-state index contributed by atoms with van der Waals surface area (Å²) in [7, 11) is 1.69. The summed E-state index contributed by atoms with van der Waals surface area (Å²) in [6.07, 6.45) is 10.7. The first kappa shape index (κ1) is 25.8. The molecular formula is C30H36FN3O2. The topological polar surface area (TPSA) is 53.9 Å². The highest BCUT2D eigenvalue weighted by molar-refractivity contribution is 6.10. The molecule has 36 heavy (non-hydrogen) atoms. The van der Waals surface area contributed by atoms with Crippen LogP contribution in [0.5, 0.6) is 0 Å². The van der Waals surface area contributed by atoms with Gasteiger partial charge in [0.25, 0.3) is 0 Å². The largest absolute Gasteiger partial charge is 0.376 e. The lowest BCUT2D eigenvalue weighted by Gasteiger charge is -2.40. The molecule has 2 aromatic carbocycles. The van der Waals surface area contributed by atoms with Gasteiger partial charge in [-0.3, -0.25) is 4.79 Å². The number of allylic oxidation sites excluding steroid dienone is 2. The molecular weight excluding hydrogens is 453 g/mol. The third-order valence-electron chi connectivity index (χ3n) is 7.51. The second kappa shape index (κ2) is 10.8. The van der Waals surface area contributed by atoms with Gasteiger partial charge < -0.3 is 10.1 Å². The van der Waals surface area contributed by atoms with Gasteiger partial charge in [-0.2, -0.15) is 5.10 Å². The van der Waals surface area contributed by atoms with Crippen molar-refractivity contribution in [1.82, 2.24) is 5.32 Å². The number of halogens is 1. The number of rotatable bonds is 9. The van der Waals surface area contributed by atoms with Crippen molar-refractivity contribution in [2.24, 2.45) is 16.4 Å². The van der Waals surface area contributed by atoms with E-state index in [2.05, 4.69) is 25.2 Å². The van der Waals surface area contributed by atoms with Gasteiger partial charge in [-0.15, -0.1) is 0 Å². The van der Waals surface area contributed by atoms with Crippen LogP contribution in [-0.4, -0.2) is 36.9 Å². The Kier molecular flexibility index (Phi) is 7.74. The lowest BCUT2D eigenvalue weighted by Crippen LogP contribution is -2.59. The molecule has 0 saturated carbocycles. The van der Waals surface area contributed by atoms with E-state index in [1.807, 2.05) is 60.5 Å². The minimum Gasteiger partial charge on any atom is -0.376 e. The molecule has 190 valence electrons. The van der Waals surface area contributed by atoms with E-state index < -0.39 is 5.54 Å². The highest BCUT2D eigenvalue weighted by atomic mass is 19.1. The Balaban J connectivity index is 1.72. The maximum Gasteiger partial charge on any atom is 0.248 e. The Bertz CT molecular complexity index is 1140. The van der Waals surface area contributed by atoms with Crippen molar-refractivity contribution in [3.8, 4) is 0 Å². The predicted molar refractivity (Wildman–Crippen MR) is 143 cm³/mol. The number of hydrogen-bond acceptors (Lipinski definition) is 4. The van der Waals surface area contributed by atoms with Crippen LogP contribution in [0.15, 0.2) is 84.0 Å². The number of carbonyl (C=O) groups excluding carboxylic acids is 1. The van der Waals surface area contributed by atoms with Gasteiger partial charge in [0.1, 0.15) is 11.4 Å². The normalized spacial score (nSPS) is 27.2. The monoisotopic (exact) mass is 489 g/mol. The van der Waals surface area contributed by atoms with Crippen LogP contribution in [0.3, 0.4) is 0 Å². The number of unbranched alkanes of at least 4 members (excludes halogenated alkanes) is 1. The highest BCUT2D eigenvalue weighted by Crippen LogP contribution is 2.42. The standard InChI is InChI=1S/C30H36FN3O2/c1-5-6-14-25-27(22-16-18-23(31)19-17-22)33-34(24-12-8-7-9-13-24)30(25,3)28(35)32-21-29(2)20-11-10-15-26(29)36-4/h7-13,15-20,25-26H,5-6,14,21H2,1-4H3,(H,32,35). The summed E-state index contributed by atoms with van der Waals surface area (Å²) in [6.45, 7) is 6.63. The molecule has 4 atom stereocenters. The summed E-state index contributed by atoms with van der Waals surface area (Å²) in [5.74, 6) is -0.554. The van der Waals surface area contributed by atoms with Crippen LogP contribution in [0.1, 0.15) is 45.6 Å². The average molecular weight is 490 g/mol. The second-order valence-corrected chi connectivity index (χ2v) is 10.1. The summed E-state index contributed by atoms with van der Waals surface area (Å²) in [5.41, 5.74) is 1.15. The van der Waals surface area contributed by atoms with Crippen LogP contribution < -0.4 is 10.3 Å². The maximum atomic E-state index is 14.2. The Morgan fingerprint density at radius 2 is 1.83 bits per heavy atom. The van der Waals surface area contributed by atoms with Gasteiger partial charge in [-0.05, 0) is 43.2 Å². The number of amides is 1. The van der Waals surface area contributed by atoms with E-state index in [9.17, 15) is 9.18 Å². The molecule has 2 aliphatic rings. The molecule has 1 aliphatic heterocycles. The molecule has 5 nitrogen and oxygen atoms in total. The second-order valence-electron chi connectivity index (χ2n) is 10.1. The number of ether oxygens (including phenoxy) is 1. The molecule has 1 N–H and O–H groups in total. The van der Waals surface area contributed by atoms with Crippen molar-refractivity contribution in [3.63, 3.8) is 0 Å². The van der Waals surface area contributed by atoms with Crippen molar-refractivity contribution >= 4 is 17.3 Å². The third kappa shape index (κ3) is 4.87.